The monoisotopic (exact) mass is 495 g/mol. The molecule has 2 saturated heterocycles. The van der Waals surface area contributed by atoms with Crippen molar-refractivity contribution in [3.05, 3.63) is 46.1 Å². The maximum Gasteiger partial charge on any atom is 0.276 e. The number of H-pyrrole nitrogens is 1. The third-order valence-electron chi connectivity index (χ3n) is 7.11. The summed E-state index contributed by atoms with van der Waals surface area (Å²) in [5.74, 6) is 0.0413. The molecule has 3 atom stereocenters. The number of carbonyl (C=O) groups excluding carboxylic acids is 2. The van der Waals surface area contributed by atoms with Gasteiger partial charge in [0.25, 0.3) is 11.5 Å². The number of hydrogen-bond acceptors (Lipinski definition) is 6. The van der Waals surface area contributed by atoms with Gasteiger partial charge in [-0.1, -0.05) is 6.92 Å². The van der Waals surface area contributed by atoms with Gasteiger partial charge in [0, 0.05) is 25.3 Å². The number of rotatable bonds is 5. The lowest BCUT2D eigenvalue weighted by Gasteiger charge is -2.43. The van der Waals surface area contributed by atoms with Crippen LogP contribution in [0.15, 0.2) is 29.3 Å². The second-order valence-corrected chi connectivity index (χ2v) is 10.7. The van der Waals surface area contributed by atoms with Gasteiger partial charge in [-0.2, -0.15) is 5.10 Å². The van der Waals surface area contributed by atoms with Gasteiger partial charge in [-0.15, -0.1) is 5.10 Å². The third kappa shape index (κ3) is 4.21. The maximum absolute atomic E-state index is 13.6. The number of aromatic amines is 1. The molecule has 0 radical (unpaired) electrons. The average molecular weight is 496 g/mol. The van der Waals surface area contributed by atoms with E-state index in [4.69, 9.17) is 4.74 Å². The molecule has 0 aromatic carbocycles. The molecule has 2 amide bonds. The number of hydrogen-bond donors (Lipinski definition) is 1. The zero-order valence-electron chi connectivity index (χ0n) is 21.4. The van der Waals surface area contributed by atoms with Gasteiger partial charge < -0.3 is 14.5 Å². The summed E-state index contributed by atoms with van der Waals surface area (Å²) in [7, 11) is 0. The van der Waals surface area contributed by atoms with Gasteiger partial charge in [-0.05, 0) is 52.7 Å². The predicted molar refractivity (Wildman–Crippen MR) is 132 cm³/mol. The summed E-state index contributed by atoms with van der Waals surface area (Å²) >= 11 is 0. The summed E-state index contributed by atoms with van der Waals surface area (Å²) in [6, 6.07) is 3.35. The quantitative estimate of drug-likeness (QED) is 0.577. The van der Waals surface area contributed by atoms with Crippen molar-refractivity contribution in [1.29, 1.82) is 0 Å². The Hall–Kier alpha value is -3.47. The van der Waals surface area contributed by atoms with Crippen LogP contribution >= 0.6 is 0 Å². The highest BCUT2D eigenvalue weighted by molar-refractivity contribution is 5.95. The van der Waals surface area contributed by atoms with Gasteiger partial charge in [-0.25, -0.2) is 9.20 Å². The molecule has 2 fully saturated rings. The number of nitrogens with zero attached hydrogens (tertiary/aromatic N) is 6. The van der Waals surface area contributed by atoms with Gasteiger partial charge in [-0.3, -0.25) is 19.4 Å². The van der Waals surface area contributed by atoms with E-state index in [-0.39, 0.29) is 46.9 Å². The van der Waals surface area contributed by atoms with E-state index in [0.29, 0.717) is 42.9 Å². The van der Waals surface area contributed by atoms with Crippen LogP contribution in [0, 0.1) is 12.8 Å². The molecule has 192 valence electrons. The standard InChI is InChI=1S/C25H33N7O4/c1-6-17-12-29(13-18-10-16(22(34)31(17)18)14-36-25(3,4)5)23(35)19-11-26-32(15(19)2)24-27-21(33)20-8-7-9-30(20)28-24/h7-9,11,16-18H,6,10,12-14H2,1-5H3,(H,27,28,33). The molecule has 2 aliphatic rings. The molecule has 5 rings (SSSR count). The van der Waals surface area contributed by atoms with Crippen molar-refractivity contribution in [2.24, 2.45) is 5.92 Å². The Labute approximate surface area is 209 Å². The summed E-state index contributed by atoms with van der Waals surface area (Å²) in [5.41, 5.74) is 0.874. The van der Waals surface area contributed by atoms with Crippen molar-refractivity contribution in [3.8, 4) is 5.95 Å². The van der Waals surface area contributed by atoms with E-state index in [2.05, 4.69) is 15.2 Å². The summed E-state index contributed by atoms with van der Waals surface area (Å²) in [6.45, 7) is 11.1. The summed E-state index contributed by atoms with van der Waals surface area (Å²) in [6.07, 6.45) is 4.64. The van der Waals surface area contributed by atoms with Gasteiger partial charge in [0.15, 0.2) is 0 Å². The Morgan fingerprint density at radius 1 is 1.25 bits per heavy atom. The first-order valence-electron chi connectivity index (χ1n) is 12.5. The molecule has 2 aliphatic heterocycles. The fourth-order valence-electron chi connectivity index (χ4n) is 5.26. The minimum Gasteiger partial charge on any atom is -0.375 e. The fourth-order valence-corrected chi connectivity index (χ4v) is 5.26. The minimum atomic E-state index is -0.307. The predicted octanol–water partition coefficient (Wildman–Crippen LogP) is 1.78. The lowest BCUT2D eigenvalue weighted by molar-refractivity contribution is -0.139. The Bertz CT molecular complexity index is 1360. The largest absolute Gasteiger partial charge is 0.375 e. The topological polar surface area (TPSA) is 118 Å². The molecule has 11 nitrogen and oxygen atoms in total. The van der Waals surface area contributed by atoms with Crippen LogP contribution in [-0.2, 0) is 9.53 Å². The highest BCUT2D eigenvalue weighted by atomic mass is 16.5. The van der Waals surface area contributed by atoms with E-state index in [9.17, 15) is 14.4 Å². The van der Waals surface area contributed by atoms with E-state index in [1.54, 1.807) is 25.3 Å². The van der Waals surface area contributed by atoms with Gasteiger partial charge in [0.05, 0.1) is 41.6 Å². The van der Waals surface area contributed by atoms with Crippen molar-refractivity contribution in [2.45, 2.75) is 65.1 Å². The Morgan fingerprint density at radius 3 is 2.75 bits per heavy atom. The van der Waals surface area contributed by atoms with Crippen molar-refractivity contribution < 1.29 is 14.3 Å². The normalized spacial score (nSPS) is 22.5. The number of nitrogens with one attached hydrogen (secondary N) is 1. The molecule has 0 saturated carbocycles. The molecule has 0 spiro atoms. The van der Waals surface area contributed by atoms with Crippen LogP contribution in [0.3, 0.4) is 0 Å². The first-order chi connectivity index (χ1) is 17.1. The summed E-state index contributed by atoms with van der Waals surface area (Å²) in [4.78, 5) is 45.7. The van der Waals surface area contributed by atoms with E-state index in [0.717, 1.165) is 6.42 Å². The van der Waals surface area contributed by atoms with Crippen molar-refractivity contribution in [1.82, 2.24) is 34.2 Å². The summed E-state index contributed by atoms with van der Waals surface area (Å²) in [5, 5.41) is 8.77. The van der Waals surface area contributed by atoms with E-state index >= 15 is 0 Å². The van der Waals surface area contributed by atoms with Crippen LogP contribution in [-0.4, -0.2) is 83.4 Å². The highest BCUT2D eigenvalue weighted by Crippen LogP contribution is 2.33. The van der Waals surface area contributed by atoms with Crippen molar-refractivity contribution in [2.75, 3.05) is 19.7 Å². The molecule has 1 N–H and O–H groups in total. The first kappa shape index (κ1) is 24.2. The first-order valence-corrected chi connectivity index (χ1v) is 12.5. The van der Waals surface area contributed by atoms with Gasteiger partial charge in [0.1, 0.15) is 5.52 Å². The molecule has 3 aromatic heterocycles. The average Bonchev–Trinajstić information content (AvgIpc) is 3.53. The zero-order valence-corrected chi connectivity index (χ0v) is 21.4. The molecule has 0 bridgehead atoms. The second kappa shape index (κ2) is 8.88. The van der Waals surface area contributed by atoms with E-state index in [1.807, 2.05) is 37.5 Å². The molecule has 5 heterocycles. The Morgan fingerprint density at radius 2 is 2.03 bits per heavy atom. The fraction of sp³-hybridized carbons (Fsp3) is 0.560. The minimum absolute atomic E-state index is 0.0294. The Kier molecular flexibility index (Phi) is 5.98. The number of carbonyl (C=O) groups is 2. The number of amides is 2. The van der Waals surface area contributed by atoms with Gasteiger partial charge in [0.2, 0.25) is 11.9 Å². The van der Waals surface area contributed by atoms with E-state index in [1.165, 1.54) is 15.4 Å². The van der Waals surface area contributed by atoms with Crippen LogP contribution in [0.1, 0.15) is 56.6 Å². The SMILES string of the molecule is CCC1CN(C(=O)c2cnn(-c3nn4cccc4c(=O)[nH]3)c2C)CC2CC(COC(C)(C)C)C(=O)N12. The molecule has 0 aliphatic carbocycles. The maximum atomic E-state index is 13.6. The van der Waals surface area contributed by atoms with Crippen LogP contribution in [0.5, 0.6) is 0 Å². The van der Waals surface area contributed by atoms with Crippen LogP contribution in [0.4, 0.5) is 0 Å². The highest BCUT2D eigenvalue weighted by Gasteiger charge is 2.47. The molecule has 3 unspecified atom stereocenters. The van der Waals surface area contributed by atoms with E-state index < -0.39 is 0 Å². The molecule has 3 aromatic rings. The summed E-state index contributed by atoms with van der Waals surface area (Å²) < 4.78 is 8.88. The van der Waals surface area contributed by atoms with Crippen molar-refractivity contribution in [3.63, 3.8) is 0 Å². The number of piperazine rings is 1. The van der Waals surface area contributed by atoms with Gasteiger partial charge >= 0.3 is 0 Å². The van der Waals surface area contributed by atoms with Crippen LogP contribution in [0.2, 0.25) is 0 Å². The lowest BCUT2D eigenvalue weighted by atomic mass is 10.0. The number of aromatic nitrogens is 5. The second-order valence-electron chi connectivity index (χ2n) is 10.7. The third-order valence-corrected chi connectivity index (χ3v) is 7.11. The van der Waals surface area contributed by atoms with Crippen LogP contribution < -0.4 is 5.56 Å². The number of ether oxygens (including phenoxy) is 1. The number of fused-ring (bicyclic) bond motifs is 2. The molecule has 11 heteroatoms. The molecular weight excluding hydrogens is 462 g/mol. The molecule has 36 heavy (non-hydrogen) atoms. The zero-order chi connectivity index (χ0) is 25.8. The smallest absolute Gasteiger partial charge is 0.276 e. The Balaban J connectivity index is 1.37. The molecular formula is C25H33N7O4. The van der Waals surface area contributed by atoms with Crippen molar-refractivity contribution >= 4 is 17.3 Å². The lowest BCUT2D eigenvalue weighted by Crippen LogP contribution is -2.58. The van der Waals surface area contributed by atoms with Crippen LogP contribution in [0.25, 0.3) is 11.5 Å².